The van der Waals surface area contributed by atoms with E-state index in [1.54, 1.807) is 24.2 Å². The smallest absolute Gasteiger partial charge is 0.272 e. The van der Waals surface area contributed by atoms with E-state index in [1.165, 1.54) is 0 Å². The fourth-order valence-corrected chi connectivity index (χ4v) is 1.93. The van der Waals surface area contributed by atoms with Crippen LogP contribution in [0.1, 0.15) is 29.9 Å². The molecule has 1 amide bonds. The Hall–Kier alpha value is -2.43. The van der Waals surface area contributed by atoms with E-state index in [0.717, 1.165) is 5.56 Å². The molecular formula is C16H20N4O. The van der Waals surface area contributed by atoms with Gasteiger partial charge in [-0.15, -0.1) is 0 Å². The molecule has 0 aliphatic rings. The van der Waals surface area contributed by atoms with Crippen LogP contribution in [0.25, 0.3) is 0 Å². The summed E-state index contributed by atoms with van der Waals surface area (Å²) >= 11 is 0. The molecule has 110 valence electrons. The van der Waals surface area contributed by atoms with Crippen molar-refractivity contribution in [2.24, 2.45) is 0 Å². The minimum absolute atomic E-state index is 0.118. The normalized spacial score (nSPS) is 10.5. The van der Waals surface area contributed by atoms with E-state index in [4.69, 9.17) is 0 Å². The standard InChI is InChI=1S/C16H20N4O/c1-12(2)18-16-17-10-9-14(19-16)15(21)20(3)11-13-7-5-4-6-8-13/h4-10,12H,11H2,1-3H3,(H,17,18,19). The third-order valence-corrected chi connectivity index (χ3v) is 2.90. The van der Waals surface area contributed by atoms with Gasteiger partial charge in [0, 0.05) is 25.8 Å². The van der Waals surface area contributed by atoms with Crippen molar-refractivity contribution in [3.8, 4) is 0 Å². The molecule has 2 aromatic rings. The number of aromatic nitrogens is 2. The van der Waals surface area contributed by atoms with E-state index in [0.29, 0.717) is 18.2 Å². The summed E-state index contributed by atoms with van der Waals surface area (Å²) in [5, 5.41) is 3.10. The summed E-state index contributed by atoms with van der Waals surface area (Å²) in [4.78, 5) is 22.4. The van der Waals surface area contributed by atoms with E-state index in [1.807, 2.05) is 44.2 Å². The Morgan fingerprint density at radius 2 is 1.95 bits per heavy atom. The molecular weight excluding hydrogens is 264 g/mol. The van der Waals surface area contributed by atoms with Crippen molar-refractivity contribution in [3.63, 3.8) is 0 Å². The summed E-state index contributed by atoms with van der Waals surface area (Å²) in [6.45, 7) is 4.55. The van der Waals surface area contributed by atoms with Crippen LogP contribution in [-0.4, -0.2) is 33.9 Å². The topological polar surface area (TPSA) is 58.1 Å². The van der Waals surface area contributed by atoms with Crippen LogP contribution < -0.4 is 5.32 Å². The van der Waals surface area contributed by atoms with Gasteiger partial charge >= 0.3 is 0 Å². The highest BCUT2D eigenvalue weighted by Gasteiger charge is 2.14. The van der Waals surface area contributed by atoms with Gasteiger partial charge in [0.15, 0.2) is 0 Å². The second-order valence-corrected chi connectivity index (χ2v) is 5.21. The molecule has 1 aromatic heterocycles. The van der Waals surface area contributed by atoms with Gasteiger partial charge in [-0.3, -0.25) is 4.79 Å². The van der Waals surface area contributed by atoms with Crippen molar-refractivity contribution in [2.45, 2.75) is 26.4 Å². The van der Waals surface area contributed by atoms with Crippen LogP contribution >= 0.6 is 0 Å². The van der Waals surface area contributed by atoms with Crippen molar-refractivity contribution in [2.75, 3.05) is 12.4 Å². The Morgan fingerprint density at radius 3 is 2.62 bits per heavy atom. The molecule has 0 radical (unpaired) electrons. The molecule has 0 unspecified atom stereocenters. The summed E-state index contributed by atoms with van der Waals surface area (Å²) in [7, 11) is 1.77. The molecule has 1 aromatic carbocycles. The second-order valence-electron chi connectivity index (χ2n) is 5.21. The molecule has 0 saturated heterocycles. The van der Waals surface area contributed by atoms with E-state index in [9.17, 15) is 4.79 Å². The van der Waals surface area contributed by atoms with Crippen LogP contribution in [0.4, 0.5) is 5.95 Å². The van der Waals surface area contributed by atoms with Crippen LogP contribution in [0, 0.1) is 0 Å². The number of nitrogens with one attached hydrogen (secondary N) is 1. The largest absolute Gasteiger partial charge is 0.352 e. The number of carbonyl (C=O) groups excluding carboxylic acids is 1. The molecule has 21 heavy (non-hydrogen) atoms. The minimum Gasteiger partial charge on any atom is -0.352 e. The molecule has 0 bridgehead atoms. The van der Waals surface area contributed by atoms with E-state index < -0.39 is 0 Å². The lowest BCUT2D eigenvalue weighted by Gasteiger charge is -2.17. The summed E-state index contributed by atoms with van der Waals surface area (Å²) in [6.07, 6.45) is 1.60. The maximum atomic E-state index is 12.4. The van der Waals surface area contributed by atoms with Crippen LogP contribution in [0.2, 0.25) is 0 Å². The van der Waals surface area contributed by atoms with E-state index in [2.05, 4.69) is 15.3 Å². The number of amides is 1. The number of nitrogens with zero attached hydrogens (tertiary/aromatic N) is 3. The molecule has 0 fully saturated rings. The zero-order chi connectivity index (χ0) is 15.2. The summed E-state index contributed by atoms with van der Waals surface area (Å²) < 4.78 is 0. The lowest BCUT2D eigenvalue weighted by atomic mass is 10.2. The van der Waals surface area contributed by atoms with Crippen molar-refractivity contribution in [3.05, 3.63) is 53.9 Å². The lowest BCUT2D eigenvalue weighted by molar-refractivity contribution is 0.0779. The van der Waals surface area contributed by atoms with Crippen LogP contribution in [-0.2, 0) is 6.54 Å². The Bertz CT molecular complexity index is 598. The van der Waals surface area contributed by atoms with Crippen LogP contribution in [0.15, 0.2) is 42.6 Å². The SMILES string of the molecule is CC(C)Nc1nccc(C(=O)N(C)Cc2ccccc2)n1. The highest BCUT2D eigenvalue weighted by Crippen LogP contribution is 2.08. The average Bonchev–Trinajstić information content (AvgIpc) is 2.47. The predicted molar refractivity (Wildman–Crippen MR) is 83.0 cm³/mol. The molecule has 0 atom stereocenters. The van der Waals surface area contributed by atoms with Gasteiger partial charge in [0.2, 0.25) is 5.95 Å². The summed E-state index contributed by atoms with van der Waals surface area (Å²) in [5.74, 6) is 0.358. The number of anilines is 1. The number of hydrogen-bond donors (Lipinski definition) is 1. The molecule has 5 nitrogen and oxygen atoms in total. The van der Waals surface area contributed by atoms with Gasteiger partial charge in [0.1, 0.15) is 5.69 Å². The summed E-state index contributed by atoms with van der Waals surface area (Å²) in [6, 6.07) is 11.7. The Balaban J connectivity index is 2.08. The maximum absolute atomic E-state index is 12.4. The van der Waals surface area contributed by atoms with Crippen LogP contribution in [0.3, 0.4) is 0 Å². The molecule has 2 rings (SSSR count). The molecule has 1 N–H and O–H groups in total. The molecule has 1 heterocycles. The van der Waals surface area contributed by atoms with Crippen molar-refractivity contribution >= 4 is 11.9 Å². The van der Waals surface area contributed by atoms with Crippen LogP contribution in [0.5, 0.6) is 0 Å². The molecule has 0 saturated carbocycles. The molecule has 0 aliphatic heterocycles. The maximum Gasteiger partial charge on any atom is 0.272 e. The molecule has 0 aliphatic carbocycles. The minimum atomic E-state index is -0.118. The zero-order valence-electron chi connectivity index (χ0n) is 12.6. The van der Waals surface area contributed by atoms with E-state index in [-0.39, 0.29) is 11.9 Å². The van der Waals surface area contributed by atoms with Crippen molar-refractivity contribution < 1.29 is 4.79 Å². The predicted octanol–water partition coefficient (Wildman–Crippen LogP) is 2.57. The number of carbonyl (C=O) groups is 1. The van der Waals surface area contributed by atoms with Gasteiger partial charge in [-0.1, -0.05) is 30.3 Å². The fourth-order valence-electron chi connectivity index (χ4n) is 1.93. The average molecular weight is 284 g/mol. The first-order valence-electron chi connectivity index (χ1n) is 6.95. The van der Waals surface area contributed by atoms with Gasteiger partial charge in [-0.05, 0) is 25.5 Å². The number of hydrogen-bond acceptors (Lipinski definition) is 4. The first kappa shape index (κ1) is 15.0. The summed E-state index contributed by atoms with van der Waals surface area (Å²) in [5.41, 5.74) is 1.48. The first-order valence-corrected chi connectivity index (χ1v) is 6.95. The molecule has 5 heteroatoms. The van der Waals surface area contributed by atoms with Gasteiger partial charge in [-0.2, -0.15) is 0 Å². The van der Waals surface area contributed by atoms with Crippen molar-refractivity contribution in [1.29, 1.82) is 0 Å². The van der Waals surface area contributed by atoms with Gasteiger partial charge in [0.25, 0.3) is 5.91 Å². The Labute approximate surface area is 125 Å². The van der Waals surface area contributed by atoms with E-state index >= 15 is 0 Å². The fraction of sp³-hybridized carbons (Fsp3) is 0.312. The number of benzene rings is 1. The monoisotopic (exact) mass is 284 g/mol. The lowest BCUT2D eigenvalue weighted by Crippen LogP contribution is -2.27. The second kappa shape index (κ2) is 6.83. The highest BCUT2D eigenvalue weighted by atomic mass is 16.2. The first-order chi connectivity index (χ1) is 10.1. The third-order valence-electron chi connectivity index (χ3n) is 2.90. The van der Waals surface area contributed by atoms with Crippen molar-refractivity contribution in [1.82, 2.24) is 14.9 Å². The molecule has 0 spiro atoms. The van der Waals surface area contributed by atoms with Gasteiger partial charge < -0.3 is 10.2 Å². The third kappa shape index (κ3) is 4.27. The van der Waals surface area contributed by atoms with Gasteiger partial charge in [-0.25, -0.2) is 9.97 Å². The number of rotatable bonds is 5. The Morgan fingerprint density at radius 1 is 1.24 bits per heavy atom. The highest BCUT2D eigenvalue weighted by molar-refractivity contribution is 5.92. The quantitative estimate of drug-likeness (QED) is 0.916. The Kier molecular flexibility index (Phi) is 4.87. The zero-order valence-corrected chi connectivity index (χ0v) is 12.6. The van der Waals surface area contributed by atoms with Gasteiger partial charge in [0.05, 0.1) is 0 Å².